The summed E-state index contributed by atoms with van der Waals surface area (Å²) in [6.45, 7) is 11.2. The molecule has 1 fully saturated rings. The Morgan fingerprint density at radius 1 is 1.17 bits per heavy atom. The SMILES string of the molecule is CC(C)Oc1ccc(NC2CCN(C(=O)OC(C)(C)C)CC2)cc1. The van der Waals surface area contributed by atoms with Crippen LogP contribution in [0.25, 0.3) is 0 Å². The van der Waals surface area contributed by atoms with Gasteiger partial charge < -0.3 is 19.7 Å². The summed E-state index contributed by atoms with van der Waals surface area (Å²) in [5.41, 5.74) is 0.647. The summed E-state index contributed by atoms with van der Waals surface area (Å²) >= 11 is 0. The summed E-state index contributed by atoms with van der Waals surface area (Å²) in [5, 5.41) is 3.53. The number of piperidine rings is 1. The highest BCUT2D eigenvalue weighted by Gasteiger charge is 2.26. The van der Waals surface area contributed by atoms with E-state index < -0.39 is 5.60 Å². The molecule has 1 aromatic carbocycles. The molecule has 5 heteroatoms. The van der Waals surface area contributed by atoms with Gasteiger partial charge in [-0.05, 0) is 71.7 Å². The van der Waals surface area contributed by atoms with Crippen molar-refractivity contribution in [1.29, 1.82) is 0 Å². The van der Waals surface area contributed by atoms with Crippen molar-refractivity contribution in [2.24, 2.45) is 0 Å². The molecule has 134 valence electrons. The minimum absolute atomic E-state index is 0.181. The molecule has 0 unspecified atom stereocenters. The maximum absolute atomic E-state index is 12.1. The molecule has 1 aliphatic heterocycles. The first-order valence-electron chi connectivity index (χ1n) is 8.74. The Morgan fingerprint density at radius 2 is 1.75 bits per heavy atom. The molecule has 1 amide bonds. The fraction of sp³-hybridized carbons (Fsp3) is 0.632. The van der Waals surface area contributed by atoms with E-state index in [1.807, 2.05) is 58.9 Å². The number of likely N-dealkylation sites (tertiary alicyclic amines) is 1. The Balaban J connectivity index is 1.79. The van der Waals surface area contributed by atoms with Crippen molar-refractivity contribution in [3.8, 4) is 5.75 Å². The number of amides is 1. The number of nitrogens with one attached hydrogen (secondary N) is 1. The first-order chi connectivity index (χ1) is 11.2. The number of rotatable bonds is 4. The second kappa shape index (κ2) is 7.77. The Morgan fingerprint density at radius 3 is 2.25 bits per heavy atom. The van der Waals surface area contributed by atoms with Crippen molar-refractivity contribution >= 4 is 11.8 Å². The van der Waals surface area contributed by atoms with E-state index >= 15 is 0 Å². The number of ether oxygens (including phenoxy) is 2. The molecule has 1 heterocycles. The van der Waals surface area contributed by atoms with E-state index in [1.54, 1.807) is 4.90 Å². The van der Waals surface area contributed by atoms with Crippen molar-refractivity contribution in [2.75, 3.05) is 18.4 Å². The molecule has 1 aliphatic rings. The standard InChI is InChI=1S/C19H30N2O3/c1-14(2)23-17-8-6-15(7-9-17)20-16-10-12-21(13-11-16)18(22)24-19(3,4)5/h6-9,14,16,20H,10-13H2,1-5H3. The zero-order valence-corrected chi connectivity index (χ0v) is 15.5. The average Bonchev–Trinajstić information content (AvgIpc) is 2.48. The molecular weight excluding hydrogens is 304 g/mol. The van der Waals surface area contributed by atoms with Crippen molar-refractivity contribution in [3.63, 3.8) is 0 Å². The van der Waals surface area contributed by atoms with Crippen LogP contribution in [-0.2, 0) is 4.74 Å². The second-order valence-electron chi connectivity index (χ2n) is 7.58. The highest BCUT2D eigenvalue weighted by atomic mass is 16.6. The van der Waals surface area contributed by atoms with Crippen LogP contribution in [0.1, 0.15) is 47.5 Å². The molecule has 1 saturated heterocycles. The maximum Gasteiger partial charge on any atom is 0.410 e. The molecule has 0 atom stereocenters. The number of anilines is 1. The Hall–Kier alpha value is -1.91. The normalized spacial score (nSPS) is 16.2. The molecule has 0 aliphatic carbocycles. The highest BCUT2D eigenvalue weighted by Crippen LogP contribution is 2.21. The van der Waals surface area contributed by atoms with Crippen molar-refractivity contribution in [2.45, 2.75) is 65.2 Å². The third-order valence-corrected chi connectivity index (χ3v) is 3.74. The average molecular weight is 334 g/mol. The first-order valence-corrected chi connectivity index (χ1v) is 8.74. The van der Waals surface area contributed by atoms with Crippen LogP contribution in [0.2, 0.25) is 0 Å². The van der Waals surface area contributed by atoms with Crippen LogP contribution < -0.4 is 10.1 Å². The van der Waals surface area contributed by atoms with E-state index in [1.165, 1.54) is 0 Å². The Bertz CT molecular complexity index is 527. The topological polar surface area (TPSA) is 50.8 Å². The lowest BCUT2D eigenvalue weighted by molar-refractivity contribution is 0.0210. The van der Waals surface area contributed by atoms with Gasteiger partial charge in [0.15, 0.2) is 0 Å². The summed E-state index contributed by atoms with van der Waals surface area (Å²) < 4.78 is 11.1. The molecule has 0 radical (unpaired) electrons. The molecule has 0 aromatic heterocycles. The van der Waals surface area contributed by atoms with Gasteiger partial charge in [-0.1, -0.05) is 0 Å². The van der Waals surface area contributed by atoms with Crippen LogP contribution in [0.4, 0.5) is 10.5 Å². The van der Waals surface area contributed by atoms with Crippen LogP contribution in [0, 0.1) is 0 Å². The van der Waals surface area contributed by atoms with Gasteiger partial charge in [-0.3, -0.25) is 0 Å². The van der Waals surface area contributed by atoms with E-state index in [9.17, 15) is 4.79 Å². The number of benzene rings is 1. The molecule has 24 heavy (non-hydrogen) atoms. The zero-order valence-electron chi connectivity index (χ0n) is 15.5. The fourth-order valence-corrected chi connectivity index (χ4v) is 2.67. The van der Waals surface area contributed by atoms with Gasteiger partial charge in [0.2, 0.25) is 0 Å². The lowest BCUT2D eigenvalue weighted by Crippen LogP contribution is -2.44. The van der Waals surface area contributed by atoms with Gasteiger partial charge in [-0.25, -0.2) is 4.79 Å². The second-order valence-corrected chi connectivity index (χ2v) is 7.58. The molecule has 2 rings (SSSR count). The Kier molecular flexibility index (Phi) is 5.97. The number of carbonyl (C=O) groups excluding carboxylic acids is 1. The van der Waals surface area contributed by atoms with E-state index in [0.29, 0.717) is 6.04 Å². The molecule has 0 bridgehead atoms. The monoisotopic (exact) mass is 334 g/mol. The molecular formula is C19H30N2O3. The van der Waals surface area contributed by atoms with Gasteiger partial charge in [-0.2, -0.15) is 0 Å². The van der Waals surface area contributed by atoms with Gasteiger partial charge in [0.25, 0.3) is 0 Å². The predicted octanol–water partition coefficient (Wildman–Crippen LogP) is 4.29. The van der Waals surface area contributed by atoms with Gasteiger partial charge >= 0.3 is 6.09 Å². The number of hydrogen-bond donors (Lipinski definition) is 1. The molecule has 1 N–H and O–H groups in total. The first kappa shape index (κ1) is 18.4. The van der Waals surface area contributed by atoms with Crippen LogP contribution in [-0.4, -0.2) is 41.8 Å². The van der Waals surface area contributed by atoms with Gasteiger partial charge in [0.05, 0.1) is 6.10 Å². The van der Waals surface area contributed by atoms with Crippen molar-refractivity contribution < 1.29 is 14.3 Å². The van der Waals surface area contributed by atoms with Gasteiger partial charge in [-0.15, -0.1) is 0 Å². The molecule has 0 spiro atoms. The van der Waals surface area contributed by atoms with Crippen LogP contribution in [0.15, 0.2) is 24.3 Å². The van der Waals surface area contributed by atoms with Crippen LogP contribution in [0.5, 0.6) is 5.75 Å². The summed E-state index contributed by atoms with van der Waals surface area (Å²) in [7, 11) is 0. The zero-order chi connectivity index (χ0) is 17.7. The smallest absolute Gasteiger partial charge is 0.410 e. The van der Waals surface area contributed by atoms with E-state index in [0.717, 1.165) is 37.4 Å². The van der Waals surface area contributed by atoms with Gasteiger partial charge in [0.1, 0.15) is 11.4 Å². The third-order valence-electron chi connectivity index (χ3n) is 3.74. The van der Waals surface area contributed by atoms with Crippen molar-refractivity contribution in [3.05, 3.63) is 24.3 Å². The highest BCUT2D eigenvalue weighted by molar-refractivity contribution is 5.68. The lowest BCUT2D eigenvalue weighted by Gasteiger charge is -2.34. The third kappa shape index (κ3) is 5.95. The summed E-state index contributed by atoms with van der Waals surface area (Å²) in [6, 6.07) is 8.42. The minimum Gasteiger partial charge on any atom is -0.491 e. The number of nitrogens with zero attached hydrogens (tertiary/aromatic N) is 1. The lowest BCUT2D eigenvalue weighted by atomic mass is 10.0. The van der Waals surface area contributed by atoms with Crippen LogP contribution >= 0.6 is 0 Å². The molecule has 5 nitrogen and oxygen atoms in total. The summed E-state index contributed by atoms with van der Waals surface area (Å²) in [4.78, 5) is 13.9. The number of carbonyl (C=O) groups is 1. The quantitative estimate of drug-likeness (QED) is 0.892. The number of hydrogen-bond acceptors (Lipinski definition) is 4. The molecule has 1 aromatic rings. The maximum atomic E-state index is 12.1. The minimum atomic E-state index is -0.439. The van der Waals surface area contributed by atoms with Gasteiger partial charge in [0, 0.05) is 24.8 Å². The van der Waals surface area contributed by atoms with E-state index in [-0.39, 0.29) is 12.2 Å². The van der Waals surface area contributed by atoms with Crippen LogP contribution in [0.3, 0.4) is 0 Å². The summed E-state index contributed by atoms with van der Waals surface area (Å²) in [6.07, 6.45) is 1.81. The van der Waals surface area contributed by atoms with Crippen molar-refractivity contribution in [1.82, 2.24) is 4.90 Å². The fourth-order valence-electron chi connectivity index (χ4n) is 2.67. The summed E-state index contributed by atoms with van der Waals surface area (Å²) in [5.74, 6) is 0.885. The van der Waals surface area contributed by atoms with E-state index in [2.05, 4.69) is 5.32 Å². The Labute approximate surface area is 145 Å². The predicted molar refractivity (Wildman–Crippen MR) is 96.7 cm³/mol. The molecule has 0 saturated carbocycles. The largest absolute Gasteiger partial charge is 0.491 e. The van der Waals surface area contributed by atoms with E-state index in [4.69, 9.17) is 9.47 Å².